The lowest BCUT2D eigenvalue weighted by molar-refractivity contribution is -0.383. The summed E-state index contributed by atoms with van der Waals surface area (Å²) >= 11 is 0. The molecule has 1 amide bonds. The van der Waals surface area contributed by atoms with Crippen LogP contribution in [0.1, 0.15) is 32.6 Å². The molecule has 1 fully saturated rings. The Morgan fingerprint density at radius 1 is 1.38 bits per heavy atom. The molecule has 1 aromatic rings. The number of carbonyl (C=O) groups excluding carboxylic acids is 1. The van der Waals surface area contributed by atoms with Crippen molar-refractivity contribution in [3.05, 3.63) is 34.4 Å². The minimum atomic E-state index is -0.501. The van der Waals surface area contributed by atoms with Crippen LogP contribution in [0.2, 0.25) is 0 Å². The molecular weight excluding hydrogens is 310 g/mol. The first-order valence-electron chi connectivity index (χ1n) is 8.36. The molecule has 1 heterocycles. The van der Waals surface area contributed by atoms with E-state index in [0.717, 1.165) is 32.4 Å². The highest BCUT2D eigenvalue weighted by atomic mass is 16.6. The molecule has 1 aliphatic heterocycles. The number of anilines is 1. The number of amides is 1. The number of rotatable bonds is 7. The van der Waals surface area contributed by atoms with Crippen molar-refractivity contribution in [3.8, 4) is 0 Å². The summed E-state index contributed by atoms with van der Waals surface area (Å²) in [6, 6.07) is 6.14. The molecule has 0 radical (unpaired) electrons. The van der Waals surface area contributed by atoms with Gasteiger partial charge in [0.05, 0.1) is 4.92 Å². The molecule has 1 saturated heterocycles. The van der Waals surface area contributed by atoms with Gasteiger partial charge in [-0.05, 0) is 43.8 Å². The summed E-state index contributed by atoms with van der Waals surface area (Å²) in [6.45, 7) is 4.68. The summed E-state index contributed by atoms with van der Waals surface area (Å²) in [7, 11) is 0. The molecule has 1 aliphatic rings. The van der Waals surface area contributed by atoms with Gasteiger partial charge in [0, 0.05) is 25.6 Å². The number of hydrogen-bond donors (Lipinski definition) is 2. The van der Waals surface area contributed by atoms with Crippen molar-refractivity contribution in [2.75, 3.05) is 31.6 Å². The highest BCUT2D eigenvalue weighted by Gasteiger charge is 2.32. The third-order valence-corrected chi connectivity index (χ3v) is 5.03. The molecule has 0 unspecified atom stereocenters. The number of aliphatic hydroxyl groups excluding tert-OH is 1. The number of nitrogens with one attached hydrogen (secondary N) is 1. The summed E-state index contributed by atoms with van der Waals surface area (Å²) in [4.78, 5) is 24.7. The summed E-state index contributed by atoms with van der Waals surface area (Å²) < 4.78 is 0. The average molecular weight is 335 g/mol. The standard InChI is InChI=1S/C17H25N3O4/c1-2-17(13-21)8-11-19(12-9-17)10-7-16(22)18-14-5-3-4-6-15(14)20(23)24/h3-6,21H,2,7-13H2,1H3,(H,18,22). The lowest BCUT2D eigenvalue weighted by atomic mass is 9.77. The SMILES string of the molecule is CCC1(CO)CCN(CCC(=O)Nc2ccccc2[N+](=O)[O-])CC1. The molecule has 0 saturated carbocycles. The Hall–Kier alpha value is -1.99. The van der Waals surface area contributed by atoms with E-state index in [1.54, 1.807) is 12.1 Å². The predicted molar refractivity (Wildman–Crippen MR) is 91.8 cm³/mol. The van der Waals surface area contributed by atoms with Crippen molar-refractivity contribution in [2.45, 2.75) is 32.6 Å². The average Bonchev–Trinajstić information content (AvgIpc) is 2.61. The molecule has 0 aliphatic carbocycles. The number of aliphatic hydroxyl groups is 1. The van der Waals surface area contributed by atoms with Gasteiger partial charge in [0.15, 0.2) is 0 Å². The van der Waals surface area contributed by atoms with E-state index in [1.165, 1.54) is 12.1 Å². The van der Waals surface area contributed by atoms with Gasteiger partial charge in [0.2, 0.25) is 5.91 Å². The Morgan fingerprint density at radius 3 is 2.62 bits per heavy atom. The van der Waals surface area contributed by atoms with Crippen molar-refractivity contribution in [1.82, 2.24) is 4.90 Å². The van der Waals surface area contributed by atoms with E-state index in [9.17, 15) is 20.0 Å². The molecule has 2 rings (SSSR count). The first kappa shape index (κ1) is 18.4. The summed E-state index contributed by atoms with van der Waals surface area (Å²) in [5.74, 6) is -0.223. The fourth-order valence-corrected chi connectivity index (χ4v) is 3.09. The zero-order valence-corrected chi connectivity index (χ0v) is 14.0. The Morgan fingerprint density at radius 2 is 2.04 bits per heavy atom. The molecule has 1 aromatic carbocycles. The smallest absolute Gasteiger partial charge is 0.292 e. The quantitative estimate of drug-likeness (QED) is 0.589. The van der Waals surface area contributed by atoms with Crippen LogP contribution in [-0.2, 0) is 4.79 Å². The zero-order valence-electron chi connectivity index (χ0n) is 14.0. The van der Waals surface area contributed by atoms with Crippen LogP contribution in [-0.4, -0.2) is 47.1 Å². The van der Waals surface area contributed by atoms with Crippen LogP contribution in [0.3, 0.4) is 0 Å². The molecular formula is C17H25N3O4. The molecule has 24 heavy (non-hydrogen) atoms. The van der Waals surface area contributed by atoms with E-state index in [4.69, 9.17) is 0 Å². The topological polar surface area (TPSA) is 95.7 Å². The second-order valence-corrected chi connectivity index (χ2v) is 6.43. The van der Waals surface area contributed by atoms with Gasteiger partial charge in [-0.3, -0.25) is 14.9 Å². The molecule has 0 aromatic heterocycles. The second-order valence-electron chi connectivity index (χ2n) is 6.43. The second kappa shape index (κ2) is 8.21. The van der Waals surface area contributed by atoms with E-state index in [2.05, 4.69) is 17.1 Å². The molecule has 132 valence electrons. The number of carbonyl (C=O) groups is 1. The van der Waals surface area contributed by atoms with Crippen molar-refractivity contribution in [3.63, 3.8) is 0 Å². The minimum absolute atomic E-state index is 0.0312. The van der Waals surface area contributed by atoms with E-state index in [-0.39, 0.29) is 29.3 Å². The number of nitrogens with zero attached hydrogens (tertiary/aromatic N) is 2. The normalized spacial score (nSPS) is 17.4. The number of para-hydroxylation sites is 2. The third kappa shape index (κ3) is 4.52. The van der Waals surface area contributed by atoms with E-state index < -0.39 is 4.92 Å². The number of benzene rings is 1. The fourth-order valence-electron chi connectivity index (χ4n) is 3.09. The Kier molecular flexibility index (Phi) is 6.28. The van der Waals surface area contributed by atoms with Crippen LogP contribution in [0.15, 0.2) is 24.3 Å². The summed E-state index contributed by atoms with van der Waals surface area (Å²) in [6.07, 6.45) is 3.14. The van der Waals surface area contributed by atoms with Gasteiger partial charge in [-0.1, -0.05) is 19.1 Å². The maximum atomic E-state index is 12.1. The number of nitro groups is 1. The lowest BCUT2D eigenvalue weighted by Crippen LogP contribution is -2.42. The number of piperidine rings is 1. The van der Waals surface area contributed by atoms with Crippen LogP contribution in [0.5, 0.6) is 0 Å². The lowest BCUT2D eigenvalue weighted by Gasteiger charge is -2.40. The Balaban J connectivity index is 1.82. The molecule has 0 atom stereocenters. The van der Waals surface area contributed by atoms with Crippen molar-refractivity contribution >= 4 is 17.3 Å². The van der Waals surface area contributed by atoms with E-state index >= 15 is 0 Å². The maximum Gasteiger partial charge on any atom is 0.292 e. The van der Waals surface area contributed by atoms with Crippen LogP contribution < -0.4 is 5.32 Å². The van der Waals surface area contributed by atoms with Crippen molar-refractivity contribution < 1.29 is 14.8 Å². The first-order valence-corrected chi connectivity index (χ1v) is 8.36. The Bertz CT molecular complexity index is 577. The number of likely N-dealkylation sites (tertiary alicyclic amines) is 1. The third-order valence-electron chi connectivity index (χ3n) is 5.03. The number of hydrogen-bond acceptors (Lipinski definition) is 5. The molecule has 0 bridgehead atoms. The van der Waals surface area contributed by atoms with Crippen LogP contribution in [0, 0.1) is 15.5 Å². The van der Waals surface area contributed by atoms with Crippen molar-refractivity contribution in [2.24, 2.45) is 5.41 Å². The van der Waals surface area contributed by atoms with Gasteiger partial charge in [0.25, 0.3) is 5.69 Å². The van der Waals surface area contributed by atoms with Gasteiger partial charge < -0.3 is 15.3 Å². The Labute approximate surface area is 141 Å². The zero-order chi connectivity index (χ0) is 17.6. The molecule has 7 heteroatoms. The van der Waals surface area contributed by atoms with Crippen LogP contribution in [0.25, 0.3) is 0 Å². The summed E-state index contributed by atoms with van der Waals surface area (Å²) in [5.41, 5.74) is 0.166. The molecule has 7 nitrogen and oxygen atoms in total. The predicted octanol–water partition coefficient (Wildman–Crippen LogP) is 2.41. The van der Waals surface area contributed by atoms with E-state index in [1.807, 2.05) is 0 Å². The minimum Gasteiger partial charge on any atom is -0.396 e. The van der Waals surface area contributed by atoms with Gasteiger partial charge in [-0.2, -0.15) is 0 Å². The van der Waals surface area contributed by atoms with Gasteiger partial charge in [0.1, 0.15) is 5.69 Å². The van der Waals surface area contributed by atoms with Crippen LogP contribution in [0.4, 0.5) is 11.4 Å². The number of nitro benzene ring substituents is 1. The maximum absolute atomic E-state index is 12.1. The highest BCUT2D eigenvalue weighted by Crippen LogP contribution is 2.34. The van der Waals surface area contributed by atoms with Gasteiger partial charge in [-0.15, -0.1) is 0 Å². The fraction of sp³-hybridized carbons (Fsp3) is 0.588. The van der Waals surface area contributed by atoms with Crippen molar-refractivity contribution in [1.29, 1.82) is 0 Å². The van der Waals surface area contributed by atoms with Gasteiger partial charge >= 0.3 is 0 Å². The molecule has 0 spiro atoms. The van der Waals surface area contributed by atoms with E-state index in [0.29, 0.717) is 13.0 Å². The van der Waals surface area contributed by atoms with Gasteiger partial charge in [-0.25, -0.2) is 0 Å². The first-order chi connectivity index (χ1) is 11.5. The van der Waals surface area contributed by atoms with Crippen LogP contribution >= 0.6 is 0 Å². The molecule has 2 N–H and O–H groups in total. The monoisotopic (exact) mass is 335 g/mol. The largest absolute Gasteiger partial charge is 0.396 e. The highest BCUT2D eigenvalue weighted by molar-refractivity contribution is 5.93. The summed E-state index contributed by atoms with van der Waals surface area (Å²) in [5, 5.41) is 23.1.